The van der Waals surface area contributed by atoms with Gasteiger partial charge in [-0.25, -0.2) is 0 Å². The van der Waals surface area contributed by atoms with Crippen LogP contribution in [0.2, 0.25) is 0 Å². The number of nitrogens with one attached hydrogen (secondary N) is 1. The Morgan fingerprint density at radius 2 is 2.18 bits per heavy atom. The second-order valence-electron chi connectivity index (χ2n) is 2.55. The zero-order chi connectivity index (χ0) is 7.68. The highest BCUT2D eigenvalue weighted by Crippen LogP contribution is 2.26. The molecule has 1 aromatic rings. The van der Waals surface area contributed by atoms with E-state index in [0.29, 0.717) is 6.54 Å². The smallest absolute Gasteiger partial charge is 0.0570 e. The first-order valence-corrected chi connectivity index (χ1v) is 3.65. The van der Waals surface area contributed by atoms with Crippen LogP contribution in [0.4, 0.5) is 11.4 Å². The fraction of sp³-hybridized carbons (Fsp3) is 0.250. The van der Waals surface area contributed by atoms with Crippen molar-refractivity contribution in [3.05, 3.63) is 29.5 Å². The van der Waals surface area contributed by atoms with Crippen molar-refractivity contribution in [3.8, 4) is 0 Å². The number of rotatable bonds is 0. The fourth-order valence-electron chi connectivity index (χ4n) is 1.25. The molecule has 0 saturated carbocycles. The average Bonchev–Trinajstić information content (AvgIpc) is 2.06. The lowest BCUT2D eigenvalue weighted by molar-refractivity contribution is 0.924. The molecule has 0 saturated heterocycles. The largest absolute Gasteiger partial charge is 0.758 e. The van der Waals surface area contributed by atoms with Gasteiger partial charge in [0.25, 0.3) is 0 Å². The van der Waals surface area contributed by atoms with E-state index in [1.165, 1.54) is 0 Å². The molecule has 0 aromatic heterocycles. The van der Waals surface area contributed by atoms with Crippen molar-refractivity contribution in [1.82, 2.24) is 0 Å². The van der Waals surface area contributed by atoms with E-state index in [0.717, 1.165) is 23.0 Å². The summed E-state index contributed by atoms with van der Waals surface area (Å²) in [4.78, 5) is 0. The zero-order valence-electron chi connectivity index (χ0n) is 6.08. The van der Waals surface area contributed by atoms with E-state index in [1.807, 2.05) is 24.3 Å². The van der Waals surface area contributed by atoms with Gasteiger partial charge in [-0.15, -0.1) is 0 Å². The van der Waals surface area contributed by atoms with Gasteiger partial charge in [-0.3, -0.25) is 0 Å². The lowest BCUT2D eigenvalue weighted by atomic mass is 10.2. The average molecular weight is 149 g/mol. The van der Waals surface area contributed by atoms with E-state index in [4.69, 9.17) is 0 Å². The van der Waals surface area contributed by atoms with Crippen molar-refractivity contribution in [1.29, 1.82) is 0 Å². The number of hydrogen-bond acceptors (Lipinski definition) is 3. The minimum atomic E-state index is 0.539. The van der Waals surface area contributed by atoms with Crippen LogP contribution >= 0.6 is 0 Å². The van der Waals surface area contributed by atoms with Gasteiger partial charge in [-0.05, 0) is 12.1 Å². The maximum absolute atomic E-state index is 11.2. The van der Waals surface area contributed by atoms with Gasteiger partial charge in [0.1, 0.15) is 0 Å². The Morgan fingerprint density at radius 1 is 1.36 bits per heavy atom. The fourth-order valence-corrected chi connectivity index (χ4v) is 1.25. The molecule has 0 radical (unpaired) electrons. The Labute approximate surface area is 65.2 Å². The molecule has 2 rings (SSSR count). The normalized spacial score (nSPS) is 15.5. The topological polar surface area (TPSA) is 38.3 Å². The molecule has 58 valence electrons. The van der Waals surface area contributed by atoms with Crippen LogP contribution in [0.25, 0.3) is 0 Å². The van der Waals surface area contributed by atoms with E-state index in [1.54, 1.807) is 0 Å². The van der Waals surface area contributed by atoms with Crippen LogP contribution in [0.15, 0.2) is 24.3 Å². The Balaban J connectivity index is 2.44. The van der Waals surface area contributed by atoms with Crippen molar-refractivity contribution in [3.63, 3.8) is 0 Å². The van der Waals surface area contributed by atoms with Crippen LogP contribution in [0.3, 0.4) is 0 Å². The number of fused-ring (bicyclic) bond motifs is 1. The predicted octanol–water partition coefficient (Wildman–Crippen LogP) is 1.42. The van der Waals surface area contributed by atoms with E-state index in [2.05, 4.69) is 5.32 Å². The van der Waals surface area contributed by atoms with Crippen molar-refractivity contribution < 1.29 is 0 Å². The highest BCUT2D eigenvalue weighted by Gasteiger charge is 2.06. The SMILES string of the molecule is [O-]N1CCNc2ccccc21. The molecule has 0 aliphatic carbocycles. The maximum Gasteiger partial charge on any atom is 0.0570 e. The molecule has 1 N–H and O–H groups in total. The number of nitrogens with zero attached hydrogens (tertiary/aromatic N) is 1. The van der Waals surface area contributed by atoms with Crippen molar-refractivity contribution in [2.75, 3.05) is 23.5 Å². The summed E-state index contributed by atoms with van der Waals surface area (Å²) < 4.78 is 0. The van der Waals surface area contributed by atoms with Gasteiger partial charge in [-0.2, -0.15) is 0 Å². The summed E-state index contributed by atoms with van der Waals surface area (Å²) in [5, 5.41) is 15.3. The predicted molar refractivity (Wildman–Crippen MR) is 45.6 cm³/mol. The minimum absolute atomic E-state index is 0.539. The summed E-state index contributed by atoms with van der Waals surface area (Å²) in [7, 11) is 0. The number of benzene rings is 1. The van der Waals surface area contributed by atoms with E-state index in [-0.39, 0.29) is 0 Å². The van der Waals surface area contributed by atoms with Gasteiger partial charge in [0.05, 0.1) is 5.69 Å². The van der Waals surface area contributed by atoms with E-state index in [9.17, 15) is 5.21 Å². The van der Waals surface area contributed by atoms with E-state index < -0.39 is 0 Å². The molecule has 0 unspecified atom stereocenters. The van der Waals surface area contributed by atoms with Gasteiger partial charge < -0.3 is 15.6 Å². The quantitative estimate of drug-likeness (QED) is 0.606. The standard InChI is InChI=1S/C8H9N2O/c11-10-6-5-9-7-3-1-2-4-8(7)10/h1-4,9H,5-6H2/q-1. The highest BCUT2D eigenvalue weighted by molar-refractivity contribution is 5.72. The van der Waals surface area contributed by atoms with Crippen molar-refractivity contribution in [2.45, 2.75) is 0 Å². The molecule has 1 heterocycles. The number of anilines is 2. The first-order chi connectivity index (χ1) is 5.38. The first kappa shape index (κ1) is 6.49. The molecule has 0 bridgehead atoms. The third kappa shape index (κ3) is 1.03. The Hall–Kier alpha value is -1.22. The van der Waals surface area contributed by atoms with Crippen LogP contribution in [-0.4, -0.2) is 13.1 Å². The molecule has 0 amide bonds. The number of hydrogen-bond donors (Lipinski definition) is 1. The molecule has 3 nitrogen and oxygen atoms in total. The summed E-state index contributed by atoms with van der Waals surface area (Å²) in [6, 6.07) is 7.54. The van der Waals surface area contributed by atoms with Gasteiger partial charge in [0, 0.05) is 18.8 Å². The summed E-state index contributed by atoms with van der Waals surface area (Å²) in [5.41, 5.74) is 1.69. The van der Waals surface area contributed by atoms with Gasteiger partial charge >= 0.3 is 0 Å². The molecule has 11 heavy (non-hydrogen) atoms. The van der Waals surface area contributed by atoms with Crippen LogP contribution in [0.1, 0.15) is 0 Å². The Morgan fingerprint density at radius 3 is 3.00 bits per heavy atom. The Bertz CT molecular complexity index is 262. The number of hydroxylamine groups is 1. The Kier molecular flexibility index (Phi) is 1.43. The zero-order valence-corrected chi connectivity index (χ0v) is 6.08. The second-order valence-corrected chi connectivity index (χ2v) is 2.55. The van der Waals surface area contributed by atoms with Crippen LogP contribution in [-0.2, 0) is 0 Å². The third-order valence-electron chi connectivity index (χ3n) is 1.80. The van der Waals surface area contributed by atoms with Gasteiger partial charge in [-0.1, -0.05) is 12.1 Å². The van der Waals surface area contributed by atoms with Crippen LogP contribution in [0.5, 0.6) is 0 Å². The molecule has 0 fully saturated rings. The third-order valence-corrected chi connectivity index (χ3v) is 1.80. The summed E-state index contributed by atoms with van der Waals surface area (Å²) in [6.07, 6.45) is 0. The summed E-state index contributed by atoms with van der Waals surface area (Å²) in [6.45, 7) is 1.28. The van der Waals surface area contributed by atoms with Crippen molar-refractivity contribution >= 4 is 11.4 Å². The highest BCUT2D eigenvalue weighted by atomic mass is 16.5. The van der Waals surface area contributed by atoms with Crippen LogP contribution in [0, 0.1) is 5.21 Å². The molecule has 1 aliphatic heterocycles. The van der Waals surface area contributed by atoms with Gasteiger partial charge in [0.2, 0.25) is 0 Å². The minimum Gasteiger partial charge on any atom is -0.758 e. The molecule has 3 heteroatoms. The monoisotopic (exact) mass is 149 g/mol. The first-order valence-electron chi connectivity index (χ1n) is 3.65. The lowest BCUT2D eigenvalue weighted by Gasteiger charge is -2.36. The van der Waals surface area contributed by atoms with Crippen LogP contribution < -0.4 is 10.4 Å². The molecule has 0 atom stereocenters. The van der Waals surface area contributed by atoms with Gasteiger partial charge in [0.15, 0.2) is 0 Å². The van der Waals surface area contributed by atoms with Crippen molar-refractivity contribution in [2.24, 2.45) is 0 Å². The molecule has 0 spiro atoms. The summed E-state index contributed by atoms with van der Waals surface area (Å²) >= 11 is 0. The number of para-hydroxylation sites is 2. The lowest BCUT2D eigenvalue weighted by Crippen LogP contribution is -2.28. The maximum atomic E-state index is 11.2. The van der Waals surface area contributed by atoms with E-state index >= 15 is 0 Å². The molecule has 1 aromatic carbocycles. The molecular weight excluding hydrogens is 140 g/mol. The second kappa shape index (κ2) is 2.43. The molecular formula is C8H9N2O-. The molecule has 1 aliphatic rings. The summed E-state index contributed by atoms with van der Waals surface area (Å²) in [5.74, 6) is 0.